The summed E-state index contributed by atoms with van der Waals surface area (Å²) in [6.45, 7) is 1.08. The second-order valence-corrected chi connectivity index (χ2v) is 4.46. The van der Waals surface area contributed by atoms with Gasteiger partial charge in [0.05, 0.1) is 25.8 Å². The predicted octanol–water partition coefficient (Wildman–Crippen LogP) is 2.78. The molecule has 0 aliphatic rings. The molecule has 0 saturated heterocycles. The predicted molar refractivity (Wildman–Crippen MR) is 75.3 cm³/mol. The Morgan fingerprint density at radius 1 is 0.739 bits per heavy atom. The highest BCUT2D eigenvalue weighted by atomic mass is 16.6. The van der Waals surface area contributed by atoms with Crippen molar-refractivity contribution in [2.75, 3.05) is 0 Å². The van der Waals surface area contributed by atoms with Crippen molar-refractivity contribution in [2.45, 2.75) is 6.92 Å². The third-order valence-corrected chi connectivity index (χ3v) is 3.19. The van der Waals surface area contributed by atoms with E-state index in [9.17, 15) is 40.5 Å². The van der Waals surface area contributed by atoms with Crippen LogP contribution in [0.1, 0.15) is 5.56 Å². The van der Waals surface area contributed by atoms with Gasteiger partial charge in [0.25, 0.3) is 22.7 Å². The van der Waals surface area contributed by atoms with Gasteiger partial charge in [0.2, 0.25) is 0 Å². The second-order valence-electron chi connectivity index (χ2n) is 4.46. The van der Waals surface area contributed by atoms with Crippen molar-refractivity contribution in [1.29, 1.82) is 0 Å². The lowest BCUT2D eigenvalue weighted by molar-refractivity contribution is -0.398. The Bertz CT molecular complexity index is 907. The summed E-state index contributed by atoms with van der Waals surface area (Å²) in [4.78, 5) is 40.4. The molecule has 0 bridgehead atoms. The largest absolute Gasteiger partial charge is 0.293 e. The highest BCUT2D eigenvalue weighted by Crippen LogP contribution is 2.42. The Morgan fingerprint density at radius 2 is 1.30 bits per heavy atom. The molecule has 12 nitrogen and oxygen atoms in total. The normalized spacial score (nSPS) is 10.5. The van der Waals surface area contributed by atoms with Crippen LogP contribution >= 0.6 is 0 Å². The summed E-state index contributed by atoms with van der Waals surface area (Å²) in [6, 6.07) is 2.25. The van der Waals surface area contributed by atoms with Gasteiger partial charge in [-0.25, -0.2) is 0 Å². The molecular weight excluding hydrogens is 316 g/mol. The summed E-state index contributed by atoms with van der Waals surface area (Å²) in [5, 5.41) is 43.4. The first-order valence-corrected chi connectivity index (χ1v) is 5.84. The van der Waals surface area contributed by atoms with E-state index in [1.807, 2.05) is 0 Å². The van der Waals surface area contributed by atoms with E-state index < -0.39 is 47.8 Å². The maximum atomic E-state index is 11.2. The van der Waals surface area contributed by atoms with Crippen LogP contribution in [0.25, 0.3) is 10.8 Å². The summed E-state index contributed by atoms with van der Waals surface area (Å²) in [5.74, 6) is 0. The van der Waals surface area contributed by atoms with E-state index in [1.165, 1.54) is 0 Å². The minimum absolute atomic E-state index is 0.324. The molecule has 0 aliphatic carbocycles. The Hall–Kier alpha value is -3.70. The first-order valence-electron chi connectivity index (χ1n) is 5.84. The van der Waals surface area contributed by atoms with Gasteiger partial charge in [0, 0.05) is 17.5 Å². The Labute approximate surface area is 125 Å². The molecule has 0 saturated carbocycles. The SMILES string of the molecule is Cc1c([N+](=O)[O-])cc2cc([N+](=O)[O-])cc([N+](=O)[O-])c2c1[N+](=O)[O-]. The maximum absolute atomic E-state index is 11.2. The van der Waals surface area contributed by atoms with E-state index in [-0.39, 0.29) is 10.9 Å². The quantitative estimate of drug-likeness (QED) is 0.609. The van der Waals surface area contributed by atoms with Gasteiger partial charge in [-0.1, -0.05) is 0 Å². The molecule has 2 aromatic rings. The zero-order valence-corrected chi connectivity index (χ0v) is 11.3. The number of hydrogen-bond acceptors (Lipinski definition) is 8. The lowest BCUT2D eigenvalue weighted by Gasteiger charge is -2.05. The van der Waals surface area contributed by atoms with Crippen molar-refractivity contribution in [3.8, 4) is 0 Å². The molecule has 0 radical (unpaired) electrons. The molecule has 12 heteroatoms. The first-order chi connectivity index (χ1) is 10.6. The van der Waals surface area contributed by atoms with Gasteiger partial charge in [0.1, 0.15) is 10.9 Å². The molecule has 0 amide bonds. The van der Waals surface area contributed by atoms with E-state index in [0.29, 0.717) is 6.07 Å². The van der Waals surface area contributed by atoms with Crippen molar-refractivity contribution >= 4 is 33.5 Å². The van der Waals surface area contributed by atoms with E-state index >= 15 is 0 Å². The number of benzene rings is 2. The van der Waals surface area contributed by atoms with Crippen LogP contribution in [0.3, 0.4) is 0 Å². The Kier molecular flexibility index (Phi) is 3.58. The summed E-state index contributed by atoms with van der Waals surface area (Å²) in [6.07, 6.45) is 0. The highest BCUT2D eigenvalue weighted by Gasteiger charge is 2.32. The fourth-order valence-electron chi connectivity index (χ4n) is 2.24. The zero-order chi connectivity index (χ0) is 17.5. The number of fused-ring (bicyclic) bond motifs is 1. The Balaban J connectivity index is 3.13. The molecule has 0 heterocycles. The summed E-state index contributed by atoms with van der Waals surface area (Å²) in [5.41, 5.74) is -3.41. The fraction of sp³-hybridized carbons (Fsp3) is 0.0909. The summed E-state index contributed by atoms with van der Waals surface area (Å²) < 4.78 is 0. The minimum atomic E-state index is -1.01. The van der Waals surface area contributed by atoms with E-state index in [4.69, 9.17) is 0 Å². The number of non-ortho nitro benzene ring substituents is 2. The van der Waals surface area contributed by atoms with Crippen LogP contribution in [-0.2, 0) is 0 Å². The fourth-order valence-corrected chi connectivity index (χ4v) is 2.24. The molecule has 0 aliphatic heterocycles. The van der Waals surface area contributed by atoms with Gasteiger partial charge in [-0.3, -0.25) is 40.5 Å². The van der Waals surface area contributed by atoms with Gasteiger partial charge >= 0.3 is 0 Å². The van der Waals surface area contributed by atoms with Gasteiger partial charge in [-0.2, -0.15) is 0 Å². The number of hydrogen-bond donors (Lipinski definition) is 0. The summed E-state index contributed by atoms with van der Waals surface area (Å²) >= 11 is 0. The molecule has 0 fully saturated rings. The van der Waals surface area contributed by atoms with Crippen molar-refractivity contribution < 1.29 is 19.7 Å². The van der Waals surface area contributed by atoms with Crippen LogP contribution in [0, 0.1) is 47.4 Å². The molecule has 0 N–H and O–H groups in total. The van der Waals surface area contributed by atoms with Crippen LogP contribution in [0.15, 0.2) is 18.2 Å². The standard InChI is InChI=1S/C11H6N4O8/c1-5-8(13(18)19)3-6-2-7(12(16)17)4-9(14(20)21)10(6)11(5)15(22)23/h2-4H,1H3. The molecule has 2 rings (SSSR count). The number of nitrogens with zero attached hydrogens (tertiary/aromatic N) is 4. The zero-order valence-electron chi connectivity index (χ0n) is 11.3. The highest BCUT2D eigenvalue weighted by molar-refractivity contribution is 6.02. The number of nitro benzene ring substituents is 4. The third kappa shape index (κ3) is 2.48. The van der Waals surface area contributed by atoms with Gasteiger partial charge in [-0.15, -0.1) is 0 Å². The summed E-state index contributed by atoms with van der Waals surface area (Å²) in [7, 11) is 0. The van der Waals surface area contributed by atoms with Crippen LogP contribution in [-0.4, -0.2) is 19.7 Å². The molecule has 23 heavy (non-hydrogen) atoms. The van der Waals surface area contributed by atoms with E-state index in [0.717, 1.165) is 19.1 Å². The van der Waals surface area contributed by atoms with Gasteiger partial charge in [0.15, 0.2) is 0 Å². The van der Waals surface area contributed by atoms with Crippen molar-refractivity contribution in [1.82, 2.24) is 0 Å². The lowest BCUT2D eigenvalue weighted by Crippen LogP contribution is -2.02. The van der Waals surface area contributed by atoms with Crippen LogP contribution in [0.5, 0.6) is 0 Å². The Morgan fingerprint density at radius 3 is 1.74 bits per heavy atom. The molecule has 118 valence electrons. The van der Waals surface area contributed by atoms with Crippen LogP contribution in [0.4, 0.5) is 22.7 Å². The second kappa shape index (κ2) is 5.25. The van der Waals surface area contributed by atoms with Crippen LogP contribution in [0.2, 0.25) is 0 Å². The first kappa shape index (κ1) is 15.7. The van der Waals surface area contributed by atoms with Crippen LogP contribution < -0.4 is 0 Å². The maximum Gasteiger partial charge on any atom is 0.293 e. The van der Waals surface area contributed by atoms with E-state index in [1.54, 1.807) is 0 Å². The molecule has 2 aromatic carbocycles. The third-order valence-electron chi connectivity index (χ3n) is 3.19. The topological polar surface area (TPSA) is 173 Å². The number of nitro groups is 4. The van der Waals surface area contributed by atoms with Gasteiger partial charge < -0.3 is 0 Å². The molecule has 0 aromatic heterocycles. The van der Waals surface area contributed by atoms with Gasteiger partial charge in [-0.05, 0) is 6.92 Å². The van der Waals surface area contributed by atoms with E-state index in [2.05, 4.69) is 0 Å². The van der Waals surface area contributed by atoms with Crippen molar-refractivity contribution in [3.63, 3.8) is 0 Å². The minimum Gasteiger partial charge on any atom is -0.258 e. The molecule has 0 atom stereocenters. The molecule has 0 spiro atoms. The average molecular weight is 322 g/mol. The van der Waals surface area contributed by atoms with Crippen molar-refractivity contribution in [2.24, 2.45) is 0 Å². The monoisotopic (exact) mass is 322 g/mol. The molecular formula is C11H6N4O8. The smallest absolute Gasteiger partial charge is 0.258 e. The number of rotatable bonds is 4. The lowest BCUT2D eigenvalue weighted by atomic mass is 10.0. The molecule has 0 unspecified atom stereocenters. The average Bonchev–Trinajstić information content (AvgIpc) is 2.44. The van der Waals surface area contributed by atoms with Crippen molar-refractivity contribution in [3.05, 3.63) is 64.2 Å².